The van der Waals surface area contributed by atoms with Crippen LogP contribution in [-0.4, -0.2) is 30.7 Å². The lowest BCUT2D eigenvalue weighted by atomic mass is 9.96. The Morgan fingerprint density at radius 1 is 1.39 bits per heavy atom. The summed E-state index contributed by atoms with van der Waals surface area (Å²) >= 11 is 12.1. The van der Waals surface area contributed by atoms with Crippen molar-refractivity contribution >= 4 is 29.1 Å². The molecule has 0 heterocycles. The number of rotatable bonds is 6. The van der Waals surface area contributed by atoms with Crippen LogP contribution in [-0.2, 0) is 4.79 Å². The molecule has 6 heteroatoms. The summed E-state index contributed by atoms with van der Waals surface area (Å²) in [6.07, 6.45) is 0.125. The zero-order chi connectivity index (χ0) is 13.5. The fourth-order valence-electron chi connectivity index (χ4n) is 1.67. The summed E-state index contributed by atoms with van der Waals surface area (Å²) in [5, 5.41) is 12.9. The summed E-state index contributed by atoms with van der Waals surface area (Å²) in [6.45, 7) is 0.592. The Balaban J connectivity index is 2.80. The van der Waals surface area contributed by atoms with Crippen molar-refractivity contribution in [2.24, 2.45) is 5.73 Å². The minimum Gasteiger partial charge on any atom is -0.396 e. The zero-order valence-electron chi connectivity index (χ0n) is 9.83. The average molecular weight is 291 g/mol. The van der Waals surface area contributed by atoms with Gasteiger partial charge < -0.3 is 16.2 Å². The normalized spacial score (nSPS) is 12.2. The second-order valence-corrected chi connectivity index (χ2v) is 4.67. The van der Waals surface area contributed by atoms with E-state index < -0.39 is 5.92 Å². The molecule has 0 spiro atoms. The fraction of sp³-hybridized carbons (Fsp3) is 0.417. The van der Waals surface area contributed by atoms with Gasteiger partial charge in [0.05, 0.1) is 6.61 Å². The molecule has 0 saturated heterocycles. The maximum Gasteiger partial charge on any atom is 0.220 e. The first-order valence-corrected chi connectivity index (χ1v) is 6.37. The largest absolute Gasteiger partial charge is 0.396 e. The van der Waals surface area contributed by atoms with Gasteiger partial charge in [-0.15, -0.1) is 0 Å². The van der Waals surface area contributed by atoms with Gasteiger partial charge >= 0.3 is 0 Å². The Bertz CT molecular complexity index is 393. The minimum atomic E-state index is -0.413. The standard InChI is InChI=1S/C12H16Cl2N2O2/c13-9-2-1-3-10(14)12(9)8(7-17)6-11(18)16-5-4-15/h1-3,8,17H,4-7,15H2,(H,16,18). The highest BCUT2D eigenvalue weighted by atomic mass is 35.5. The van der Waals surface area contributed by atoms with Crippen molar-refractivity contribution in [1.29, 1.82) is 0 Å². The van der Waals surface area contributed by atoms with E-state index in [-0.39, 0.29) is 18.9 Å². The van der Waals surface area contributed by atoms with Gasteiger partial charge in [-0.2, -0.15) is 0 Å². The Kier molecular flexibility index (Phi) is 6.43. The van der Waals surface area contributed by atoms with Crippen LogP contribution in [0.3, 0.4) is 0 Å². The second kappa shape index (κ2) is 7.59. The summed E-state index contributed by atoms with van der Waals surface area (Å²) < 4.78 is 0. The molecular weight excluding hydrogens is 275 g/mol. The highest BCUT2D eigenvalue weighted by molar-refractivity contribution is 6.36. The lowest BCUT2D eigenvalue weighted by molar-refractivity contribution is -0.121. The number of nitrogens with one attached hydrogen (secondary N) is 1. The van der Waals surface area contributed by atoms with Crippen molar-refractivity contribution in [3.63, 3.8) is 0 Å². The maximum atomic E-state index is 11.6. The van der Waals surface area contributed by atoms with Crippen LogP contribution in [0, 0.1) is 0 Å². The lowest BCUT2D eigenvalue weighted by Crippen LogP contribution is -2.30. The smallest absolute Gasteiger partial charge is 0.220 e. The van der Waals surface area contributed by atoms with E-state index in [0.29, 0.717) is 28.7 Å². The van der Waals surface area contributed by atoms with E-state index in [4.69, 9.17) is 28.9 Å². The predicted octanol–water partition coefficient (Wildman–Crippen LogP) is 1.53. The van der Waals surface area contributed by atoms with E-state index in [1.165, 1.54) is 0 Å². The van der Waals surface area contributed by atoms with Gasteiger partial charge in [0.1, 0.15) is 0 Å². The van der Waals surface area contributed by atoms with Gasteiger partial charge in [0.2, 0.25) is 5.91 Å². The van der Waals surface area contributed by atoms with Gasteiger partial charge in [0.25, 0.3) is 0 Å². The summed E-state index contributed by atoms with van der Waals surface area (Å²) in [5.41, 5.74) is 5.90. The van der Waals surface area contributed by atoms with Crippen LogP contribution in [0.25, 0.3) is 0 Å². The molecule has 1 aromatic carbocycles. The number of nitrogens with two attached hydrogens (primary N) is 1. The molecule has 0 radical (unpaired) electrons. The SMILES string of the molecule is NCCNC(=O)CC(CO)c1c(Cl)cccc1Cl. The lowest BCUT2D eigenvalue weighted by Gasteiger charge is -2.17. The molecule has 4 N–H and O–H groups in total. The van der Waals surface area contributed by atoms with E-state index in [1.807, 2.05) is 0 Å². The number of hydrogen-bond acceptors (Lipinski definition) is 3. The van der Waals surface area contributed by atoms with Crippen LogP contribution >= 0.6 is 23.2 Å². The quantitative estimate of drug-likeness (QED) is 0.744. The van der Waals surface area contributed by atoms with E-state index in [0.717, 1.165) is 0 Å². The first-order chi connectivity index (χ1) is 8.60. The summed E-state index contributed by atoms with van der Waals surface area (Å²) in [4.78, 5) is 11.6. The second-order valence-electron chi connectivity index (χ2n) is 3.86. The van der Waals surface area contributed by atoms with Gasteiger partial charge in [-0.1, -0.05) is 29.3 Å². The highest BCUT2D eigenvalue weighted by Gasteiger charge is 2.20. The molecule has 4 nitrogen and oxygen atoms in total. The van der Waals surface area contributed by atoms with Crippen molar-refractivity contribution in [3.8, 4) is 0 Å². The zero-order valence-corrected chi connectivity index (χ0v) is 11.3. The molecule has 1 atom stereocenters. The monoisotopic (exact) mass is 290 g/mol. The Morgan fingerprint density at radius 3 is 2.50 bits per heavy atom. The van der Waals surface area contributed by atoms with Gasteiger partial charge in [-0.05, 0) is 17.7 Å². The molecule has 0 saturated carbocycles. The van der Waals surface area contributed by atoms with E-state index in [1.54, 1.807) is 18.2 Å². The van der Waals surface area contributed by atoms with Crippen LogP contribution in [0.1, 0.15) is 17.9 Å². The third-order valence-electron chi connectivity index (χ3n) is 2.53. The molecule has 0 aliphatic carbocycles. The number of halogens is 2. The Hall–Kier alpha value is -0.810. The van der Waals surface area contributed by atoms with Gasteiger partial charge in [0.15, 0.2) is 0 Å². The van der Waals surface area contributed by atoms with Crippen LogP contribution in [0.2, 0.25) is 10.0 Å². The number of aliphatic hydroxyl groups excluding tert-OH is 1. The molecule has 18 heavy (non-hydrogen) atoms. The predicted molar refractivity (Wildman–Crippen MR) is 73.0 cm³/mol. The molecule has 1 amide bonds. The van der Waals surface area contributed by atoms with Gasteiger partial charge in [-0.3, -0.25) is 4.79 Å². The number of carbonyl (C=O) groups excluding carboxylic acids is 1. The van der Waals surface area contributed by atoms with E-state index in [9.17, 15) is 9.90 Å². The summed E-state index contributed by atoms with van der Waals surface area (Å²) in [5.74, 6) is -0.598. The number of benzene rings is 1. The molecule has 0 aliphatic rings. The average Bonchev–Trinajstić information content (AvgIpc) is 2.34. The van der Waals surface area contributed by atoms with Crippen molar-refractivity contribution in [2.75, 3.05) is 19.7 Å². The number of hydrogen-bond donors (Lipinski definition) is 3. The van der Waals surface area contributed by atoms with Gasteiger partial charge in [0, 0.05) is 35.5 Å². The maximum absolute atomic E-state index is 11.6. The van der Waals surface area contributed by atoms with Crippen molar-refractivity contribution in [3.05, 3.63) is 33.8 Å². The Labute approximate surface area is 116 Å². The van der Waals surface area contributed by atoms with Crippen LogP contribution in [0.4, 0.5) is 0 Å². The number of aliphatic hydroxyl groups is 1. The topological polar surface area (TPSA) is 75.3 Å². The van der Waals surface area contributed by atoms with Crippen LogP contribution in [0.5, 0.6) is 0 Å². The Morgan fingerprint density at radius 2 is 2.00 bits per heavy atom. The van der Waals surface area contributed by atoms with Crippen molar-refractivity contribution < 1.29 is 9.90 Å². The van der Waals surface area contributed by atoms with Crippen molar-refractivity contribution in [1.82, 2.24) is 5.32 Å². The highest BCUT2D eigenvalue weighted by Crippen LogP contribution is 2.33. The first-order valence-electron chi connectivity index (χ1n) is 5.61. The molecule has 1 rings (SSSR count). The summed E-state index contributed by atoms with van der Waals surface area (Å²) in [7, 11) is 0. The van der Waals surface area contributed by atoms with Crippen LogP contribution in [0.15, 0.2) is 18.2 Å². The third-order valence-corrected chi connectivity index (χ3v) is 3.19. The molecule has 1 unspecified atom stereocenters. The van der Waals surface area contributed by atoms with Gasteiger partial charge in [-0.25, -0.2) is 0 Å². The fourth-order valence-corrected chi connectivity index (χ4v) is 2.37. The molecule has 100 valence electrons. The molecule has 0 aromatic heterocycles. The third kappa shape index (κ3) is 4.14. The molecule has 1 aromatic rings. The van der Waals surface area contributed by atoms with Crippen LogP contribution < -0.4 is 11.1 Å². The molecule has 0 fully saturated rings. The van der Waals surface area contributed by atoms with E-state index in [2.05, 4.69) is 5.32 Å². The summed E-state index contributed by atoms with van der Waals surface area (Å²) in [6, 6.07) is 5.09. The molecule has 0 aliphatic heterocycles. The first kappa shape index (κ1) is 15.2. The van der Waals surface area contributed by atoms with E-state index >= 15 is 0 Å². The van der Waals surface area contributed by atoms with Crippen molar-refractivity contribution in [2.45, 2.75) is 12.3 Å². The number of carbonyl (C=O) groups is 1. The number of amides is 1. The molecular formula is C12H16Cl2N2O2. The minimum absolute atomic E-state index is 0.125. The molecule has 0 bridgehead atoms.